The van der Waals surface area contributed by atoms with Gasteiger partial charge in [-0.15, -0.1) is 11.8 Å². The lowest BCUT2D eigenvalue weighted by Gasteiger charge is -2.50. The minimum atomic E-state index is -1.59. The van der Waals surface area contributed by atoms with E-state index in [0.717, 1.165) is 16.2 Å². The van der Waals surface area contributed by atoms with Crippen molar-refractivity contribution in [2.24, 2.45) is 5.16 Å². The number of rotatable bonds is 9. The number of aromatic nitrogens is 2. The molecule has 4 N–H and O–H groups in total. The van der Waals surface area contributed by atoms with E-state index in [0.29, 0.717) is 5.57 Å². The number of carbonyl (C=O) groups is 4. The van der Waals surface area contributed by atoms with Gasteiger partial charge in [0.15, 0.2) is 29.4 Å². The molecule has 38 heavy (non-hydrogen) atoms. The number of nitrogens with zero attached hydrogens (tertiary/aromatic N) is 4. The zero-order valence-electron chi connectivity index (χ0n) is 19.3. The first-order valence-corrected chi connectivity index (χ1v) is 12.9. The number of fused-ring (bicyclic) bond motifs is 1. The van der Waals surface area contributed by atoms with E-state index in [4.69, 9.17) is 27.3 Å². The number of oxime groups is 1. The Hall–Kier alpha value is -3.76. The number of hydrogen-bond acceptors (Lipinski definition) is 11. The summed E-state index contributed by atoms with van der Waals surface area (Å²) in [6.07, 6.45) is 1.31. The third kappa shape index (κ3) is 5.41. The number of hydrogen-bond donors (Lipinski definition) is 3. The number of anilines is 1. The number of carboxylic acid groups (broad SMARTS) is 2. The number of thiazole rings is 1. The Morgan fingerprint density at radius 2 is 2.24 bits per heavy atom. The lowest BCUT2D eigenvalue weighted by Crippen LogP contribution is -2.71. The Kier molecular flexibility index (Phi) is 7.84. The van der Waals surface area contributed by atoms with Gasteiger partial charge in [0.25, 0.3) is 11.8 Å². The monoisotopic (exact) mass is 584 g/mol. The van der Waals surface area contributed by atoms with E-state index in [1.807, 2.05) is 0 Å². The summed E-state index contributed by atoms with van der Waals surface area (Å²) in [6.45, 7) is 1.18. The summed E-state index contributed by atoms with van der Waals surface area (Å²) in [7, 11) is 0. The van der Waals surface area contributed by atoms with E-state index in [9.17, 15) is 28.7 Å². The van der Waals surface area contributed by atoms with E-state index in [-0.39, 0.29) is 33.2 Å². The van der Waals surface area contributed by atoms with Gasteiger partial charge < -0.3 is 30.9 Å². The Morgan fingerprint density at radius 1 is 1.50 bits per heavy atom. The van der Waals surface area contributed by atoms with Gasteiger partial charge in [-0.3, -0.25) is 14.5 Å². The predicted molar refractivity (Wildman–Crippen MR) is 130 cm³/mol. The maximum atomic E-state index is 13.6. The van der Waals surface area contributed by atoms with E-state index in [2.05, 4.69) is 15.5 Å². The lowest BCUT2D eigenvalue weighted by molar-refractivity contribution is -0.690. The maximum Gasteiger partial charge on any atom is 0.347 e. The second kappa shape index (κ2) is 10.9. The normalized spacial score (nSPS) is 19.9. The van der Waals surface area contributed by atoms with Crippen molar-refractivity contribution in [3.05, 3.63) is 51.6 Å². The number of carboxylic acids is 2. The van der Waals surface area contributed by atoms with Crippen molar-refractivity contribution >= 4 is 69.3 Å². The highest BCUT2D eigenvalue weighted by Gasteiger charge is 2.53. The molecule has 0 saturated carbocycles. The molecule has 1 fully saturated rings. The van der Waals surface area contributed by atoms with Crippen molar-refractivity contribution in [3.8, 4) is 0 Å². The Labute approximate surface area is 226 Å². The van der Waals surface area contributed by atoms with Gasteiger partial charge in [-0.2, -0.15) is 4.57 Å². The molecule has 2 aromatic rings. The highest BCUT2D eigenvalue weighted by molar-refractivity contribution is 8.00. The van der Waals surface area contributed by atoms with Crippen LogP contribution < -0.4 is 20.7 Å². The number of halogens is 2. The number of aliphatic carboxylic acids is 2. The number of carbonyl (C=O) groups excluding carboxylic acids is 3. The van der Waals surface area contributed by atoms with Crippen molar-refractivity contribution in [3.63, 3.8) is 0 Å². The van der Waals surface area contributed by atoms with Crippen molar-refractivity contribution in [2.45, 2.75) is 31.0 Å². The van der Waals surface area contributed by atoms with Gasteiger partial charge in [-0.1, -0.05) is 28.1 Å². The van der Waals surface area contributed by atoms with Crippen LogP contribution in [0.3, 0.4) is 0 Å². The summed E-state index contributed by atoms with van der Waals surface area (Å²) in [5.74, 6) is -5.03. The molecule has 0 bridgehead atoms. The predicted octanol–water partition coefficient (Wildman–Crippen LogP) is -0.897. The van der Waals surface area contributed by atoms with Crippen LogP contribution in [0.4, 0.5) is 9.52 Å². The zero-order valence-corrected chi connectivity index (χ0v) is 21.7. The number of nitrogens with one attached hydrogen (secondary N) is 1. The Balaban J connectivity index is 1.56. The summed E-state index contributed by atoms with van der Waals surface area (Å²) >= 11 is 8.11. The zero-order chi connectivity index (χ0) is 27.7. The molecule has 2 aliphatic rings. The Bertz CT molecular complexity index is 1400. The minimum Gasteiger partial charge on any atom is -0.543 e. The van der Waals surface area contributed by atoms with Gasteiger partial charge >= 0.3 is 5.97 Å². The van der Waals surface area contributed by atoms with Crippen molar-refractivity contribution in [1.82, 2.24) is 15.2 Å². The molecule has 200 valence electrons. The Morgan fingerprint density at radius 3 is 2.84 bits per heavy atom. The molecule has 4 heterocycles. The van der Waals surface area contributed by atoms with E-state index in [1.54, 1.807) is 6.20 Å². The summed E-state index contributed by atoms with van der Waals surface area (Å²) in [5.41, 5.74) is 4.89. The molecule has 3 atom stereocenters. The number of amides is 2. The minimum absolute atomic E-state index is 0.00124. The molecule has 17 heteroatoms. The van der Waals surface area contributed by atoms with E-state index in [1.165, 1.54) is 41.6 Å². The van der Waals surface area contributed by atoms with Crippen molar-refractivity contribution in [1.29, 1.82) is 0 Å². The number of pyridine rings is 1. The lowest BCUT2D eigenvalue weighted by atomic mass is 10.0. The molecule has 2 aliphatic heterocycles. The van der Waals surface area contributed by atoms with Gasteiger partial charge in [0.2, 0.25) is 12.3 Å². The third-order valence-electron chi connectivity index (χ3n) is 5.41. The standard InChI is InChI=1S/C21H18ClFN6O7S2/c1-8(19(32)33)36-27-12(11-15(22)38-21(24)26-11)16(30)25-13-17(31)29-14(20(34)35)9(7-37-18(13)29)5-28-4-2-3-10(23)6-28/h2-4,6,8,13,18H,5,7H2,1H3,(H4-,24,25,26,30,32,33,34,35)/b27-12-/t8-,13?,18?/m0/s1. The van der Waals surface area contributed by atoms with Gasteiger partial charge in [-0.05, 0) is 13.0 Å². The molecule has 2 amide bonds. The first-order valence-electron chi connectivity index (χ1n) is 10.7. The second-order valence-corrected chi connectivity index (χ2v) is 10.7. The first-order chi connectivity index (χ1) is 18.0. The van der Waals surface area contributed by atoms with Crippen LogP contribution in [0, 0.1) is 5.82 Å². The summed E-state index contributed by atoms with van der Waals surface area (Å²) in [4.78, 5) is 58.9. The van der Waals surface area contributed by atoms with Crippen LogP contribution in [0.15, 0.2) is 41.0 Å². The van der Waals surface area contributed by atoms with Gasteiger partial charge in [0.05, 0.1) is 11.7 Å². The van der Waals surface area contributed by atoms with Crippen molar-refractivity contribution < 1.29 is 43.2 Å². The van der Waals surface area contributed by atoms with Crippen LogP contribution in [0.5, 0.6) is 0 Å². The molecule has 13 nitrogen and oxygen atoms in total. The summed E-state index contributed by atoms with van der Waals surface area (Å²) in [6, 6.07) is 1.53. The fourth-order valence-electron chi connectivity index (χ4n) is 3.64. The molecular formula is C21H18ClFN6O7S2. The SMILES string of the molecule is C[C@H](O/N=C(\C(=O)NC1C(=O)N2C(C(=O)[O-])=C(C[n+]3cccc(F)c3)CSC12)c1nc(N)sc1Cl)C(=O)O. The summed E-state index contributed by atoms with van der Waals surface area (Å²) in [5, 5.41) is 26.2. The topological polar surface area (TPSA) is 191 Å². The molecule has 0 radical (unpaired) electrons. The van der Waals surface area contributed by atoms with Crippen LogP contribution in [0.25, 0.3) is 0 Å². The average Bonchev–Trinajstić information content (AvgIpc) is 3.19. The largest absolute Gasteiger partial charge is 0.543 e. The van der Waals surface area contributed by atoms with Crippen LogP contribution in [0.1, 0.15) is 12.6 Å². The fourth-order valence-corrected chi connectivity index (χ4v) is 5.91. The first kappa shape index (κ1) is 27.3. The van der Waals surface area contributed by atoms with Gasteiger partial charge in [0, 0.05) is 17.4 Å². The maximum absolute atomic E-state index is 13.6. The smallest absolute Gasteiger partial charge is 0.347 e. The number of nitrogens with two attached hydrogens (primary N) is 1. The molecule has 4 rings (SSSR count). The van der Waals surface area contributed by atoms with Crippen LogP contribution in [0.2, 0.25) is 4.34 Å². The van der Waals surface area contributed by atoms with E-state index < -0.39 is 52.8 Å². The van der Waals surface area contributed by atoms with Crippen LogP contribution in [-0.2, 0) is 30.6 Å². The quantitative estimate of drug-likeness (QED) is 0.144. The highest BCUT2D eigenvalue weighted by Crippen LogP contribution is 2.40. The van der Waals surface area contributed by atoms with E-state index >= 15 is 0 Å². The van der Waals surface area contributed by atoms with Crippen LogP contribution in [-0.4, -0.2) is 67.7 Å². The van der Waals surface area contributed by atoms with Crippen LogP contribution >= 0.6 is 34.7 Å². The molecule has 1 saturated heterocycles. The number of thioether (sulfide) groups is 1. The van der Waals surface area contributed by atoms with Crippen molar-refractivity contribution in [2.75, 3.05) is 11.5 Å². The average molecular weight is 585 g/mol. The molecule has 0 aromatic carbocycles. The molecular weight excluding hydrogens is 567 g/mol. The number of β-lactam (4-membered cyclic amide) rings is 1. The molecule has 0 spiro atoms. The summed E-state index contributed by atoms with van der Waals surface area (Å²) < 4.78 is 15.0. The van der Waals surface area contributed by atoms with Gasteiger partial charge in [-0.25, -0.2) is 14.2 Å². The second-order valence-electron chi connectivity index (χ2n) is 8.00. The van der Waals surface area contributed by atoms with Gasteiger partial charge in [0.1, 0.15) is 21.4 Å². The fraction of sp³-hybridized carbons (Fsp3) is 0.286. The third-order valence-corrected chi connectivity index (χ3v) is 7.84. The molecule has 0 aliphatic carbocycles. The molecule has 2 unspecified atom stereocenters. The highest BCUT2D eigenvalue weighted by atomic mass is 35.5. The number of nitrogen functional groups attached to an aromatic ring is 1. The molecule has 2 aromatic heterocycles.